The van der Waals surface area contributed by atoms with Gasteiger partial charge in [0, 0.05) is 37.7 Å². The number of nitrogens with zero attached hydrogens (tertiary/aromatic N) is 2. The Morgan fingerprint density at radius 3 is 2.79 bits per heavy atom. The van der Waals surface area contributed by atoms with E-state index in [1.54, 1.807) is 0 Å². The zero-order valence-electron chi connectivity index (χ0n) is 11.4. The van der Waals surface area contributed by atoms with Crippen molar-refractivity contribution in [3.05, 3.63) is 53.9 Å². The van der Waals surface area contributed by atoms with Gasteiger partial charge < -0.3 is 15.2 Å². The highest BCUT2D eigenvalue weighted by atomic mass is 15.2. The standard InChI is InChI=1S/C16H21N3/c1-18-10-5-9-15(18)16(12-17)19-11-4-7-13-6-2-3-8-14(13)19/h2-3,5-6,8-10,16H,4,7,11-12,17H2,1H3. The van der Waals surface area contributed by atoms with Gasteiger partial charge in [0.25, 0.3) is 0 Å². The Hall–Kier alpha value is -1.74. The van der Waals surface area contributed by atoms with E-state index in [4.69, 9.17) is 5.73 Å². The monoisotopic (exact) mass is 255 g/mol. The highest BCUT2D eigenvalue weighted by molar-refractivity contribution is 5.57. The van der Waals surface area contributed by atoms with Gasteiger partial charge in [-0.2, -0.15) is 0 Å². The van der Waals surface area contributed by atoms with Crippen LogP contribution >= 0.6 is 0 Å². The molecule has 19 heavy (non-hydrogen) atoms. The van der Waals surface area contributed by atoms with Crippen molar-refractivity contribution in [1.82, 2.24) is 4.57 Å². The molecule has 0 fully saturated rings. The zero-order chi connectivity index (χ0) is 13.2. The molecule has 0 bridgehead atoms. The molecule has 3 rings (SSSR count). The lowest BCUT2D eigenvalue weighted by Gasteiger charge is -2.37. The molecule has 0 spiro atoms. The predicted octanol–water partition coefficient (Wildman–Crippen LogP) is 2.48. The van der Waals surface area contributed by atoms with Crippen molar-refractivity contribution in [1.29, 1.82) is 0 Å². The van der Waals surface area contributed by atoms with Gasteiger partial charge in [0.15, 0.2) is 0 Å². The van der Waals surface area contributed by atoms with Crippen molar-refractivity contribution in [2.75, 3.05) is 18.0 Å². The third-order valence-electron chi connectivity index (χ3n) is 4.07. The summed E-state index contributed by atoms with van der Waals surface area (Å²) < 4.78 is 2.18. The van der Waals surface area contributed by atoms with E-state index in [-0.39, 0.29) is 6.04 Å². The molecule has 2 aromatic rings. The highest BCUT2D eigenvalue weighted by Crippen LogP contribution is 2.33. The summed E-state index contributed by atoms with van der Waals surface area (Å²) in [4.78, 5) is 2.47. The van der Waals surface area contributed by atoms with E-state index >= 15 is 0 Å². The first-order valence-corrected chi connectivity index (χ1v) is 6.97. The van der Waals surface area contributed by atoms with Gasteiger partial charge >= 0.3 is 0 Å². The zero-order valence-corrected chi connectivity index (χ0v) is 11.4. The third-order valence-corrected chi connectivity index (χ3v) is 4.07. The van der Waals surface area contributed by atoms with Crippen molar-refractivity contribution in [2.45, 2.75) is 18.9 Å². The molecule has 1 unspecified atom stereocenters. The van der Waals surface area contributed by atoms with Crippen LogP contribution in [0.5, 0.6) is 0 Å². The average molecular weight is 255 g/mol. The molecule has 0 aliphatic carbocycles. The normalized spacial score (nSPS) is 16.2. The Morgan fingerprint density at radius 1 is 1.21 bits per heavy atom. The Labute approximate surface area is 114 Å². The summed E-state index contributed by atoms with van der Waals surface area (Å²) in [7, 11) is 2.09. The van der Waals surface area contributed by atoms with Crippen LogP contribution in [0.15, 0.2) is 42.6 Å². The first kappa shape index (κ1) is 12.3. The number of aryl methyl sites for hydroxylation is 2. The van der Waals surface area contributed by atoms with Crippen LogP contribution in [0.2, 0.25) is 0 Å². The fourth-order valence-corrected chi connectivity index (χ4v) is 3.11. The number of benzene rings is 1. The summed E-state index contributed by atoms with van der Waals surface area (Å²) >= 11 is 0. The summed E-state index contributed by atoms with van der Waals surface area (Å²) in [6, 6.07) is 13.2. The quantitative estimate of drug-likeness (QED) is 0.914. The molecule has 1 aliphatic heterocycles. The minimum Gasteiger partial charge on any atom is -0.361 e. The first-order valence-electron chi connectivity index (χ1n) is 6.97. The van der Waals surface area contributed by atoms with Crippen LogP contribution in [0, 0.1) is 0 Å². The van der Waals surface area contributed by atoms with E-state index < -0.39 is 0 Å². The topological polar surface area (TPSA) is 34.2 Å². The maximum atomic E-state index is 6.07. The highest BCUT2D eigenvalue weighted by Gasteiger charge is 2.25. The minimum absolute atomic E-state index is 0.265. The summed E-state index contributed by atoms with van der Waals surface area (Å²) in [6.45, 7) is 1.73. The average Bonchev–Trinajstić information content (AvgIpc) is 2.86. The van der Waals surface area contributed by atoms with E-state index in [1.165, 1.54) is 29.8 Å². The lowest BCUT2D eigenvalue weighted by molar-refractivity contribution is 0.561. The van der Waals surface area contributed by atoms with E-state index in [9.17, 15) is 0 Å². The molecule has 1 aliphatic rings. The second-order valence-electron chi connectivity index (χ2n) is 5.22. The van der Waals surface area contributed by atoms with Gasteiger partial charge in [0.1, 0.15) is 0 Å². The van der Waals surface area contributed by atoms with Crippen molar-refractivity contribution in [2.24, 2.45) is 12.8 Å². The third kappa shape index (κ3) is 2.15. The number of fused-ring (bicyclic) bond motifs is 1. The Bertz CT molecular complexity index is 559. The van der Waals surface area contributed by atoms with E-state index in [1.807, 2.05) is 0 Å². The van der Waals surface area contributed by atoms with Gasteiger partial charge in [-0.1, -0.05) is 18.2 Å². The number of nitrogens with two attached hydrogens (primary N) is 1. The second kappa shape index (κ2) is 5.10. The second-order valence-corrected chi connectivity index (χ2v) is 5.22. The number of anilines is 1. The number of para-hydroxylation sites is 1. The maximum absolute atomic E-state index is 6.07. The molecule has 3 heteroatoms. The Balaban J connectivity index is 2.00. The van der Waals surface area contributed by atoms with Gasteiger partial charge in [0.05, 0.1) is 6.04 Å². The van der Waals surface area contributed by atoms with E-state index in [0.717, 1.165) is 6.54 Å². The molecule has 0 saturated carbocycles. The summed E-state index contributed by atoms with van der Waals surface area (Å²) in [5.74, 6) is 0. The van der Waals surface area contributed by atoms with Gasteiger partial charge in [-0.15, -0.1) is 0 Å². The summed E-state index contributed by atoms with van der Waals surface area (Å²) in [5.41, 5.74) is 10.2. The molecular formula is C16H21N3. The van der Waals surface area contributed by atoms with Gasteiger partial charge in [0.2, 0.25) is 0 Å². The fraction of sp³-hybridized carbons (Fsp3) is 0.375. The van der Waals surface area contributed by atoms with Crippen LogP contribution in [0.25, 0.3) is 0 Å². The molecule has 1 aromatic carbocycles. The SMILES string of the molecule is Cn1cccc1C(CN)N1CCCc2ccccc21. The minimum atomic E-state index is 0.265. The van der Waals surface area contributed by atoms with Crippen LogP contribution in [-0.4, -0.2) is 17.7 Å². The Morgan fingerprint density at radius 2 is 2.05 bits per heavy atom. The largest absolute Gasteiger partial charge is 0.361 e. The molecule has 3 nitrogen and oxygen atoms in total. The molecule has 0 saturated heterocycles. The molecule has 0 amide bonds. The van der Waals surface area contributed by atoms with Crippen LogP contribution < -0.4 is 10.6 Å². The lowest BCUT2D eigenvalue weighted by atomic mass is 9.99. The molecular weight excluding hydrogens is 234 g/mol. The number of hydrogen-bond acceptors (Lipinski definition) is 2. The molecule has 1 aromatic heterocycles. The van der Waals surface area contributed by atoms with E-state index in [2.05, 4.69) is 59.1 Å². The molecule has 2 heterocycles. The number of aromatic nitrogens is 1. The van der Waals surface area contributed by atoms with Crippen LogP contribution in [-0.2, 0) is 13.5 Å². The van der Waals surface area contributed by atoms with Crippen molar-refractivity contribution >= 4 is 5.69 Å². The summed E-state index contributed by atoms with van der Waals surface area (Å²) in [5, 5.41) is 0. The fourth-order valence-electron chi connectivity index (χ4n) is 3.11. The lowest BCUT2D eigenvalue weighted by Crippen LogP contribution is -2.38. The van der Waals surface area contributed by atoms with Crippen LogP contribution in [0.1, 0.15) is 23.7 Å². The molecule has 0 radical (unpaired) electrons. The number of hydrogen-bond donors (Lipinski definition) is 1. The molecule has 1 atom stereocenters. The van der Waals surface area contributed by atoms with Crippen molar-refractivity contribution in [3.8, 4) is 0 Å². The van der Waals surface area contributed by atoms with Crippen LogP contribution in [0.4, 0.5) is 5.69 Å². The smallest absolute Gasteiger partial charge is 0.0815 e. The number of rotatable bonds is 3. The first-order chi connectivity index (χ1) is 9.31. The van der Waals surface area contributed by atoms with E-state index in [0.29, 0.717) is 6.54 Å². The maximum Gasteiger partial charge on any atom is 0.0815 e. The van der Waals surface area contributed by atoms with Gasteiger partial charge in [-0.25, -0.2) is 0 Å². The van der Waals surface area contributed by atoms with Gasteiger partial charge in [-0.05, 0) is 36.6 Å². The molecule has 2 N–H and O–H groups in total. The molecule has 100 valence electrons. The Kier molecular flexibility index (Phi) is 3.30. The summed E-state index contributed by atoms with van der Waals surface area (Å²) in [6.07, 6.45) is 4.48. The van der Waals surface area contributed by atoms with Crippen LogP contribution in [0.3, 0.4) is 0 Å². The van der Waals surface area contributed by atoms with Crippen molar-refractivity contribution in [3.63, 3.8) is 0 Å². The predicted molar refractivity (Wildman–Crippen MR) is 79.3 cm³/mol. The van der Waals surface area contributed by atoms with Gasteiger partial charge in [-0.3, -0.25) is 0 Å². The van der Waals surface area contributed by atoms with Crippen molar-refractivity contribution < 1.29 is 0 Å².